The molecule has 0 saturated heterocycles. The van der Waals surface area contributed by atoms with E-state index in [9.17, 15) is 0 Å². The molecule has 2 atom stereocenters. The first kappa shape index (κ1) is 14.2. The topological polar surface area (TPSA) is 42.7 Å². The molecule has 0 aliphatic heterocycles. The third kappa shape index (κ3) is 4.46. The molecule has 0 aliphatic carbocycles. The second kappa shape index (κ2) is 7.43. The standard InChI is InChI=1S/C13H26N4/c1-5-11(4)8-12(14-6-2)9-13-15-10-16-17(13)7-3/h10-12,14H,5-9H2,1-4H3. The van der Waals surface area contributed by atoms with Crippen molar-refractivity contribution >= 4 is 0 Å². The summed E-state index contributed by atoms with van der Waals surface area (Å²) in [6.45, 7) is 10.7. The number of rotatable bonds is 8. The number of hydrogen-bond acceptors (Lipinski definition) is 3. The van der Waals surface area contributed by atoms with Gasteiger partial charge in [-0.1, -0.05) is 27.2 Å². The third-order valence-corrected chi connectivity index (χ3v) is 3.30. The van der Waals surface area contributed by atoms with Gasteiger partial charge in [0.25, 0.3) is 0 Å². The van der Waals surface area contributed by atoms with E-state index in [1.54, 1.807) is 6.33 Å². The second-order valence-corrected chi connectivity index (χ2v) is 4.70. The fourth-order valence-electron chi connectivity index (χ4n) is 2.11. The van der Waals surface area contributed by atoms with Crippen LogP contribution in [0, 0.1) is 5.92 Å². The molecule has 0 bridgehead atoms. The van der Waals surface area contributed by atoms with Gasteiger partial charge in [-0.25, -0.2) is 4.98 Å². The van der Waals surface area contributed by atoms with Gasteiger partial charge in [-0.05, 0) is 25.8 Å². The lowest BCUT2D eigenvalue weighted by Gasteiger charge is -2.20. The van der Waals surface area contributed by atoms with Crippen LogP contribution in [0.15, 0.2) is 6.33 Å². The number of hydrogen-bond donors (Lipinski definition) is 1. The Morgan fingerprint density at radius 2 is 2.12 bits per heavy atom. The van der Waals surface area contributed by atoms with Crippen molar-refractivity contribution in [2.24, 2.45) is 5.92 Å². The summed E-state index contributed by atoms with van der Waals surface area (Å²) in [5.74, 6) is 1.86. The molecule has 1 rings (SSSR count). The van der Waals surface area contributed by atoms with Crippen molar-refractivity contribution in [1.29, 1.82) is 0 Å². The van der Waals surface area contributed by atoms with E-state index in [1.165, 1.54) is 12.8 Å². The van der Waals surface area contributed by atoms with Crippen molar-refractivity contribution in [3.05, 3.63) is 12.2 Å². The van der Waals surface area contributed by atoms with Gasteiger partial charge in [0.15, 0.2) is 0 Å². The molecular weight excluding hydrogens is 212 g/mol. The molecule has 98 valence electrons. The van der Waals surface area contributed by atoms with E-state index < -0.39 is 0 Å². The molecule has 0 fully saturated rings. The second-order valence-electron chi connectivity index (χ2n) is 4.70. The molecule has 0 aromatic carbocycles. The molecule has 0 radical (unpaired) electrons. The summed E-state index contributed by atoms with van der Waals surface area (Å²) in [6.07, 6.45) is 5.08. The largest absolute Gasteiger partial charge is 0.314 e. The molecule has 1 N–H and O–H groups in total. The molecule has 1 aromatic heterocycles. The van der Waals surface area contributed by atoms with E-state index in [-0.39, 0.29) is 0 Å². The van der Waals surface area contributed by atoms with Gasteiger partial charge >= 0.3 is 0 Å². The molecule has 0 aliphatic rings. The lowest BCUT2D eigenvalue weighted by Crippen LogP contribution is -2.33. The van der Waals surface area contributed by atoms with Gasteiger partial charge in [0, 0.05) is 19.0 Å². The van der Waals surface area contributed by atoms with Crippen molar-refractivity contribution in [3.63, 3.8) is 0 Å². The minimum atomic E-state index is 0.518. The normalized spacial score (nSPS) is 14.8. The SMILES string of the molecule is CCNC(Cc1ncnn1CC)CC(C)CC. The zero-order chi connectivity index (χ0) is 12.7. The molecule has 17 heavy (non-hydrogen) atoms. The van der Waals surface area contributed by atoms with Crippen LogP contribution in [-0.2, 0) is 13.0 Å². The van der Waals surface area contributed by atoms with Crippen LogP contribution in [0.2, 0.25) is 0 Å². The fourth-order valence-corrected chi connectivity index (χ4v) is 2.11. The highest BCUT2D eigenvalue weighted by Gasteiger charge is 2.15. The van der Waals surface area contributed by atoms with Crippen LogP contribution in [0.4, 0.5) is 0 Å². The van der Waals surface area contributed by atoms with Crippen LogP contribution in [0.25, 0.3) is 0 Å². The van der Waals surface area contributed by atoms with Gasteiger partial charge < -0.3 is 5.32 Å². The third-order valence-electron chi connectivity index (χ3n) is 3.30. The predicted molar refractivity (Wildman–Crippen MR) is 70.9 cm³/mol. The molecule has 4 nitrogen and oxygen atoms in total. The van der Waals surface area contributed by atoms with Crippen molar-refractivity contribution in [2.45, 2.75) is 59.5 Å². The zero-order valence-electron chi connectivity index (χ0n) is 11.6. The van der Waals surface area contributed by atoms with Crippen LogP contribution >= 0.6 is 0 Å². The Hall–Kier alpha value is -0.900. The van der Waals surface area contributed by atoms with Crippen LogP contribution in [0.1, 0.15) is 46.4 Å². The lowest BCUT2D eigenvalue weighted by molar-refractivity contribution is 0.387. The summed E-state index contributed by atoms with van der Waals surface area (Å²) in [6, 6.07) is 0.518. The Morgan fingerprint density at radius 1 is 1.35 bits per heavy atom. The highest BCUT2D eigenvalue weighted by atomic mass is 15.3. The van der Waals surface area contributed by atoms with Crippen LogP contribution in [0.3, 0.4) is 0 Å². The van der Waals surface area contributed by atoms with E-state index in [0.29, 0.717) is 6.04 Å². The number of nitrogens with zero attached hydrogens (tertiary/aromatic N) is 3. The first-order chi connectivity index (χ1) is 8.21. The quantitative estimate of drug-likeness (QED) is 0.755. The molecule has 1 aromatic rings. The Morgan fingerprint density at radius 3 is 2.71 bits per heavy atom. The van der Waals surface area contributed by atoms with Gasteiger partial charge in [-0.3, -0.25) is 4.68 Å². The Bertz CT molecular complexity index is 308. The van der Waals surface area contributed by atoms with Gasteiger partial charge in [0.05, 0.1) is 0 Å². The lowest BCUT2D eigenvalue weighted by atomic mass is 9.97. The highest BCUT2D eigenvalue weighted by molar-refractivity contribution is 4.90. The monoisotopic (exact) mass is 238 g/mol. The smallest absolute Gasteiger partial charge is 0.138 e. The molecule has 1 heterocycles. The van der Waals surface area contributed by atoms with Crippen molar-refractivity contribution in [2.75, 3.05) is 6.54 Å². The molecule has 0 amide bonds. The van der Waals surface area contributed by atoms with E-state index >= 15 is 0 Å². The van der Waals surface area contributed by atoms with Crippen molar-refractivity contribution < 1.29 is 0 Å². The van der Waals surface area contributed by atoms with Crippen LogP contribution in [-0.4, -0.2) is 27.4 Å². The van der Waals surface area contributed by atoms with Crippen LogP contribution in [0.5, 0.6) is 0 Å². The zero-order valence-corrected chi connectivity index (χ0v) is 11.6. The predicted octanol–water partition coefficient (Wildman–Crippen LogP) is 2.25. The molecule has 2 unspecified atom stereocenters. The van der Waals surface area contributed by atoms with Gasteiger partial charge in [0.1, 0.15) is 12.2 Å². The Balaban J connectivity index is 2.59. The fraction of sp³-hybridized carbons (Fsp3) is 0.846. The van der Waals surface area contributed by atoms with E-state index in [0.717, 1.165) is 31.3 Å². The molecule has 4 heteroatoms. The molecule has 0 saturated carbocycles. The maximum atomic E-state index is 4.35. The number of aromatic nitrogens is 3. The minimum Gasteiger partial charge on any atom is -0.314 e. The van der Waals surface area contributed by atoms with Crippen molar-refractivity contribution in [3.8, 4) is 0 Å². The summed E-state index contributed by atoms with van der Waals surface area (Å²) in [7, 11) is 0. The van der Waals surface area contributed by atoms with Gasteiger partial charge in [0.2, 0.25) is 0 Å². The van der Waals surface area contributed by atoms with E-state index in [2.05, 4.69) is 43.1 Å². The summed E-state index contributed by atoms with van der Waals surface area (Å²) in [5.41, 5.74) is 0. The Labute approximate surface area is 105 Å². The number of nitrogens with one attached hydrogen (secondary N) is 1. The van der Waals surface area contributed by atoms with E-state index in [1.807, 2.05) is 4.68 Å². The average Bonchev–Trinajstić information content (AvgIpc) is 2.76. The Kier molecular flexibility index (Phi) is 6.19. The molecule has 0 spiro atoms. The molecular formula is C13H26N4. The first-order valence-corrected chi connectivity index (χ1v) is 6.81. The van der Waals surface area contributed by atoms with Gasteiger partial charge in [-0.2, -0.15) is 5.10 Å². The highest BCUT2D eigenvalue weighted by Crippen LogP contribution is 2.13. The number of likely N-dealkylation sites (N-methyl/N-ethyl adjacent to an activating group) is 1. The summed E-state index contributed by atoms with van der Waals surface area (Å²) >= 11 is 0. The summed E-state index contributed by atoms with van der Waals surface area (Å²) in [5, 5.41) is 7.78. The average molecular weight is 238 g/mol. The summed E-state index contributed by atoms with van der Waals surface area (Å²) < 4.78 is 1.99. The minimum absolute atomic E-state index is 0.518. The maximum Gasteiger partial charge on any atom is 0.138 e. The van der Waals surface area contributed by atoms with Gasteiger partial charge in [-0.15, -0.1) is 0 Å². The van der Waals surface area contributed by atoms with Crippen molar-refractivity contribution in [1.82, 2.24) is 20.1 Å². The summed E-state index contributed by atoms with van der Waals surface area (Å²) in [4.78, 5) is 4.35. The first-order valence-electron chi connectivity index (χ1n) is 6.81. The van der Waals surface area contributed by atoms with E-state index in [4.69, 9.17) is 0 Å². The maximum absolute atomic E-state index is 4.35. The number of aryl methyl sites for hydroxylation is 1. The van der Waals surface area contributed by atoms with Crippen LogP contribution < -0.4 is 5.32 Å².